The first kappa shape index (κ1) is 6.92. The first-order chi connectivity index (χ1) is 5.35. The summed E-state index contributed by atoms with van der Waals surface area (Å²) in [5.41, 5.74) is 1.71. The maximum Gasteiger partial charge on any atom is 0.0935 e. The van der Waals surface area contributed by atoms with Crippen molar-refractivity contribution in [3.05, 3.63) is 24.2 Å². The van der Waals surface area contributed by atoms with Gasteiger partial charge in [0.2, 0.25) is 0 Å². The van der Waals surface area contributed by atoms with Crippen molar-refractivity contribution in [3.63, 3.8) is 0 Å². The molecule has 1 aromatic rings. The van der Waals surface area contributed by atoms with Crippen LogP contribution in [0.3, 0.4) is 0 Å². The Bertz CT molecular complexity index is 224. The standard InChI is InChI=1S/C9H13NO/c1-10-9(3-4-9)6-8-2-5-11-7-8/h2,5,7,10H,3-4,6H2,1H3. The van der Waals surface area contributed by atoms with Crippen molar-refractivity contribution >= 4 is 0 Å². The highest BCUT2D eigenvalue weighted by Gasteiger charge is 2.40. The molecule has 0 radical (unpaired) electrons. The summed E-state index contributed by atoms with van der Waals surface area (Å²) in [5.74, 6) is 0. The quantitative estimate of drug-likeness (QED) is 0.709. The molecule has 0 aliphatic heterocycles. The van der Waals surface area contributed by atoms with Crippen molar-refractivity contribution in [1.82, 2.24) is 5.32 Å². The van der Waals surface area contributed by atoms with Crippen molar-refractivity contribution in [2.24, 2.45) is 0 Å². The van der Waals surface area contributed by atoms with E-state index in [9.17, 15) is 0 Å². The molecule has 0 bridgehead atoms. The molecule has 0 aromatic carbocycles. The van der Waals surface area contributed by atoms with Crippen LogP contribution in [0.4, 0.5) is 0 Å². The average Bonchev–Trinajstić information content (AvgIpc) is 2.59. The normalized spacial score (nSPS) is 20.1. The molecule has 0 spiro atoms. The minimum atomic E-state index is 0.407. The SMILES string of the molecule is CNC1(Cc2ccoc2)CC1. The van der Waals surface area contributed by atoms with E-state index in [0.29, 0.717) is 5.54 Å². The van der Waals surface area contributed by atoms with Crippen molar-refractivity contribution in [3.8, 4) is 0 Å². The fourth-order valence-corrected chi connectivity index (χ4v) is 1.45. The van der Waals surface area contributed by atoms with E-state index in [-0.39, 0.29) is 0 Å². The third kappa shape index (κ3) is 1.31. The number of furan rings is 1. The second-order valence-corrected chi connectivity index (χ2v) is 3.34. The summed E-state index contributed by atoms with van der Waals surface area (Å²) in [6.45, 7) is 0. The minimum absolute atomic E-state index is 0.407. The van der Waals surface area contributed by atoms with Gasteiger partial charge in [0.25, 0.3) is 0 Å². The number of hydrogen-bond donors (Lipinski definition) is 1. The summed E-state index contributed by atoms with van der Waals surface area (Å²) in [6.07, 6.45) is 7.28. The molecule has 0 atom stereocenters. The smallest absolute Gasteiger partial charge is 0.0935 e. The molecule has 2 nitrogen and oxygen atoms in total. The maximum atomic E-state index is 5.00. The van der Waals surface area contributed by atoms with Crippen LogP contribution in [0.1, 0.15) is 18.4 Å². The van der Waals surface area contributed by atoms with Crippen LogP contribution in [0.2, 0.25) is 0 Å². The van der Waals surface area contributed by atoms with Crippen LogP contribution in [-0.2, 0) is 6.42 Å². The Kier molecular flexibility index (Phi) is 1.50. The van der Waals surface area contributed by atoms with Gasteiger partial charge in [-0.1, -0.05) is 0 Å². The van der Waals surface area contributed by atoms with E-state index in [0.717, 1.165) is 6.42 Å². The second-order valence-electron chi connectivity index (χ2n) is 3.34. The van der Waals surface area contributed by atoms with E-state index in [2.05, 4.69) is 5.32 Å². The van der Waals surface area contributed by atoms with Crippen LogP contribution in [0.15, 0.2) is 23.0 Å². The molecule has 60 valence electrons. The molecule has 1 aliphatic rings. The van der Waals surface area contributed by atoms with Crippen LogP contribution < -0.4 is 5.32 Å². The summed E-state index contributed by atoms with van der Waals surface area (Å²) in [6, 6.07) is 2.04. The molecule has 1 fully saturated rings. The topological polar surface area (TPSA) is 25.2 Å². The van der Waals surface area contributed by atoms with Crippen molar-refractivity contribution < 1.29 is 4.42 Å². The number of likely N-dealkylation sites (N-methyl/N-ethyl adjacent to an activating group) is 1. The predicted octanol–water partition coefficient (Wildman–Crippen LogP) is 1.57. The number of nitrogens with one attached hydrogen (secondary N) is 1. The molecular weight excluding hydrogens is 138 g/mol. The van der Waals surface area contributed by atoms with Gasteiger partial charge < -0.3 is 9.73 Å². The van der Waals surface area contributed by atoms with Gasteiger partial charge in [-0.2, -0.15) is 0 Å². The van der Waals surface area contributed by atoms with E-state index < -0.39 is 0 Å². The Morgan fingerprint density at radius 3 is 2.91 bits per heavy atom. The third-order valence-electron chi connectivity index (χ3n) is 2.51. The largest absolute Gasteiger partial charge is 0.472 e. The maximum absolute atomic E-state index is 5.00. The second kappa shape index (κ2) is 2.38. The highest BCUT2D eigenvalue weighted by atomic mass is 16.3. The van der Waals surface area contributed by atoms with Gasteiger partial charge in [0, 0.05) is 5.54 Å². The summed E-state index contributed by atoms with van der Waals surface area (Å²) in [5, 5.41) is 3.35. The van der Waals surface area contributed by atoms with Crippen LogP contribution in [0.5, 0.6) is 0 Å². The van der Waals surface area contributed by atoms with Crippen molar-refractivity contribution in [2.45, 2.75) is 24.8 Å². The molecule has 1 heterocycles. The predicted molar refractivity (Wildman–Crippen MR) is 43.4 cm³/mol. The summed E-state index contributed by atoms with van der Waals surface area (Å²) in [4.78, 5) is 0. The number of rotatable bonds is 3. The Hall–Kier alpha value is -0.760. The number of hydrogen-bond acceptors (Lipinski definition) is 2. The molecule has 11 heavy (non-hydrogen) atoms. The third-order valence-corrected chi connectivity index (χ3v) is 2.51. The van der Waals surface area contributed by atoms with Crippen LogP contribution in [0, 0.1) is 0 Å². The molecule has 1 N–H and O–H groups in total. The molecule has 1 aliphatic carbocycles. The Labute approximate surface area is 66.6 Å². The highest BCUT2D eigenvalue weighted by Crippen LogP contribution is 2.37. The zero-order valence-electron chi connectivity index (χ0n) is 6.76. The first-order valence-electron chi connectivity index (χ1n) is 4.05. The van der Waals surface area contributed by atoms with E-state index in [1.54, 1.807) is 6.26 Å². The van der Waals surface area contributed by atoms with Crippen LogP contribution in [0.25, 0.3) is 0 Å². The van der Waals surface area contributed by atoms with E-state index in [1.165, 1.54) is 18.4 Å². The van der Waals surface area contributed by atoms with Crippen molar-refractivity contribution in [2.75, 3.05) is 7.05 Å². The van der Waals surface area contributed by atoms with Crippen LogP contribution >= 0.6 is 0 Å². The van der Waals surface area contributed by atoms with E-state index >= 15 is 0 Å². The van der Waals surface area contributed by atoms with Crippen molar-refractivity contribution in [1.29, 1.82) is 0 Å². The van der Waals surface area contributed by atoms with E-state index in [4.69, 9.17) is 4.42 Å². The molecule has 0 amide bonds. The zero-order chi connectivity index (χ0) is 7.73. The average molecular weight is 151 g/mol. The zero-order valence-corrected chi connectivity index (χ0v) is 6.76. The molecule has 1 saturated carbocycles. The molecule has 0 saturated heterocycles. The van der Waals surface area contributed by atoms with E-state index in [1.807, 2.05) is 19.4 Å². The minimum Gasteiger partial charge on any atom is -0.472 e. The Morgan fingerprint density at radius 2 is 2.45 bits per heavy atom. The highest BCUT2D eigenvalue weighted by molar-refractivity contribution is 5.16. The van der Waals surface area contributed by atoms with Gasteiger partial charge in [-0.3, -0.25) is 0 Å². The first-order valence-corrected chi connectivity index (χ1v) is 4.05. The van der Waals surface area contributed by atoms with Gasteiger partial charge in [-0.05, 0) is 37.9 Å². The fourth-order valence-electron chi connectivity index (χ4n) is 1.45. The summed E-state index contributed by atoms with van der Waals surface area (Å²) >= 11 is 0. The summed E-state index contributed by atoms with van der Waals surface area (Å²) < 4.78 is 5.00. The molecule has 2 heteroatoms. The fraction of sp³-hybridized carbons (Fsp3) is 0.556. The summed E-state index contributed by atoms with van der Waals surface area (Å²) in [7, 11) is 2.03. The molecule has 0 unspecified atom stereocenters. The lowest BCUT2D eigenvalue weighted by molar-refractivity contribution is 0.532. The molecular formula is C9H13NO. The monoisotopic (exact) mass is 151 g/mol. The lowest BCUT2D eigenvalue weighted by Gasteiger charge is -2.11. The van der Waals surface area contributed by atoms with Gasteiger partial charge in [0.05, 0.1) is 12.5 Å². The van der Waals surface area contributed by atoms with Gasteiger partial charge in [0.1, 0.15) is 0 Å². The molecule has 2 rings (SSSR count). The van der Waals surface area contributed by atoms with Gasteiger partial charge in [0.15, 0.2) is 0 Å². The van der Waals surface area contributed by atoms with Crippen LogP contribution in [-0.4, -0.2) is 12.6 Å². The Morgan fingerprint density at radius 1 is 1.64 bits per heavy atom. The lowest BCUT2D eigenvalue weighted by atomic mass is 10.1. The lowest BCUT2D eigenvalue weighted by Crippen LogP contribution is -2.29. The van der Waals surface area contributed by atoms with Gasteiger partial charge in [-0.25, -0.2) is 0 Å². The van der Waals surface area contributed by atoms with Gasteiger partial charge >= 0.3 is 0 Å². The van der Waals surface area contributed by atoms with Gasteiger partial charge in [-0.15, -0.1) is 0 Å². The Balaban J connectivity index is 2.01. The molecule has 1 aromatic heterocycles.